The molecule has 0 bridgehead atoms. The van der Waals surface area contributed by atoms with E-state index in [9.17, 15) is 4.79 Å². The van der Waals surface area contributed by atoms with Crippen LogP contribution in [0.2, 0.25) is 0 Å². The molecular formula is C19H29NO3. The van der Waals surface area contributed by atoms with Gasteiger partial charge in [0.2, 0.25) is 5.91 Å². The summed E-state index contributed by atoms with van der Waals surface area (Å²) in [5, 5.41) is 3.14. The molecule has 23 heavy (non-hydrogen) atoms. The highest BCUT2D eigenvalue weighted by Crippen LogP contribution is 2.29. The maximum atomic E-state index is 12.0. The zero-order chi connectivity index (χ0) is 16.3. The van der Waals surface area contributed by atoms with Gasteiger partial charge in [-0.15, -0.1) is 0 Å². The minimum atomic E-state index is -0.00175. The monoisotopic (exact) mass is 319 g/mol. The van der Waals surface area contributed by atoms with E-state index in [4.69, 9.17) is 9.47 Å². The number of para-hydroxylation sites is 1. The molecule has 0 heterocycles. The smallest absolute Gasteiger partial charge is 0.246 e. The molecule has 1 aromatic rings. The van der Waals surface area contributed by atoms with Gasteiger partial charge in [0.1, 0.15) is 19.0 Å². The van der Waals surface area contributed by atoms with E-state index in [1.54, 1.807) is 0 Å². The average Bonchev–Trinajstić information content (AvgIpc) is 3.00. The van der Waals surface area contributed by atoms with Crippen LogP contribution >= 0.6 is 0 Å². The molecule has 2 atom stereocenters. The Hall–Kier alpha value is -1.55. The summed E-state index contributed by atoms with van der Waals surface area (Å²) in [4.78, 5) is 12.0. The van der Waals surface area contributed by atoms with Crippen LogP contribution in [0.3, 0.4) is 0 Å². The van der Waals surface area contributed by atoms with Gasteiger partial charge in [0, 0.05) is 6.04 Å². The Balaban J connectivity index is 1.56. The lowest BCUT2D eigenvalue weighted by atomic mass is 9.97. The summed E-state index contributed by atoms with van der Waals surface area (Å²) in [5.74, 6) is 1.48. The van der Waals surface area contributed by atoms with Crippen LogP contribution in [0.4, 0.5) is 0 Å². The van der Waals surface area contributed by atoms with Gasteiger partial charge in [0.25, 0.3) is 0 Å². The van der Waals surface area contributed by atoms with E-state index in [2.05, 4.69) is 12.2 Å². The first-order chi connectivity index (χ1) is 11.3. The first-order valence-corrected chi connectivity index (χ1v) is 8.84. The first-order valence-electron chi connectivity index (χ1n) is 8.84. The van der Waals surface area contributed by atoms with Gasteiger partial charge in [-0.05, 0) is 37.3 Å². The lowest BCUT2D eigenvalue weighted by Crippen LogP contribution is -2.39. The van der Waals surface area contributed by atoms with Crippen molar-refractivity contribution in [1.29, 1.82) is 0 Å². The maximum Gasteiger partial charge on any atom is 0.246 e. The molecule has 0 aromatic heterocycles. The summed E-state index contributed by atoms with van der Waals surface area (Å²) >= 11 is 0. The Morgan fingerprint density at radius 1 is 1.22 bits per heavy atom. The number of rotatable bonds is 10. The number of hydrogen-bond donors (Lipinski definition) is 1. The third-order valence-corrected chi connectivity index (χ3v) is 4.41. The van der Waals surface area contributed by atoms with Crippen LogP contribution in [0.5, 0.6) is 5.75 Å². The van der Waals surface area contributed by atoms with Crippen LogP contribution in [-0.4, -0.2) is 31.8 Å². The van der Waals surface area contributed by atoms with Crippen molar-refractivity contribution in [2.45, 2.75) is 51.5 Å². The summed E-state index contributed by atoms with van der Waals surface area (Å²) in [6.45, 7) is 3.22. The van der Waals surface area contributed by atoms with Gasteiger partial charge in [-0.25, -0.2) is 0 Å². The van der Waals surface area contributed by atoms with Crippen LogP contribution in [0.15, 0.2) is 30.3 Å². The predicted molar refractivity (Wildman–Crippen MR) is 91.6 cm³/mol. The molecule has 1 amide bonds. The van der Waals surface area contributed by atoms with Crippen LogP contribution < -0.4 is 10.1 Å². The third kappa shape index (κ3) is 6.61. The number of carbonyl (C=O) groups is 1. The first kappa shape index (κ1) is 17.8. The standard InChI is InChI=1S/C19H29NO3/c1-2-3-8-16-9-7-12-18(16)20-19(21)15-22-13-14-23-17-10-5-4-6-11-17/h4-6,10-11,16,18H,2-3,7-9,12-15H2,1H3,(H,20,21). The summed E-state index contributed by atoms with van der Waals surface area (Å²) in [6, 6.07) is 9.97. The number of carbonyl (C=O) groups excluding carboxylic acids is 1. The minimum absolute atomic E-state index is 0.00175. The van der Waals surface area contributed by atoms with Crippen LogP contribution in [-0.2, 0) is 9.53 Å². The molecule has 4 nitrogen and oxygen atoms in total. The molecule has 0 radical (unpaired) electrons. The fraction of sp³-hybridized carbons (Fsp3) is 0.632. The van der Waals surface area contributed by atoms with E-state index in [1.807, 2.05) is 30.3 Å². The van der Waals surface area contributed by atoms with Crippen LogP contribution in [0.25, 0.3) is 0 Å². The molecular weight excluding hydrogens is 290 g/mol. The molecule has 2 unspecified atom stereocenters. The van der Waals surface area contributed by atoms with Crippen molar-refractivity contribution in [2.24, 2.45) is 5.92 Å². The van der Waals surface area contributed by atoms with Gasteiger partial charge in [-0.2, -0.15) is 0 Å². The highest BCUT2D eigenvalue weighted by Gasteiger charge is 2.27. The third-order valence-electron chi connectivity index (χ3n) is 4.41. The molecule has 1 aliphatic carbocycles. The number of hydrogen-bond acceptors (Lipinski definition) is 3. The second-order valence-electron chi connectivity index (χ2n) is 6.22. The van der Waals surface area contributed by atoms with E-state index in [0.29, 0.717) is 25.2 Å². The quantitative estimate of drug-likeness (QED) is 0.671. The summed E-state index contributed by atoms with van der Waals surface area (Å²) in [6.07, 6.45) is 7.29. The zero-order valence-corrected chi connectivity index (χ0v) is 14.1. The molecule has 1 N–H and O–H groups in total. The summed E-state index contributed by atoms with van der Waals surface area (Å²) < 4.78 is 10.9. The lowest BCUT2D eigenvalue weighted by molar-refractivity contribution is -0.126. The number of benzene rings is 1. The van der Waals surface area contributed by atoms with Crippen molar-refractivity contribution in [1.82, 2.24) is 5.32 Å². The molecule has 1 fully saturated rings. The fourth-order valence-electron chi connectivity index (χ4n) is 3.19. The molecule has 4 heteroatoms. The highest BCUT2D eigenvalue weighted by atomic mass is 16.5. The minimum Gasteiger partial charge on any atom is -0.491 e. The Kier molecular flexibility index (Phi) is 7.95. The second kappa shape index (κ2) is 10.3. The van der Waals surface area contributed by atoms with Crippen LogP contribution in [0, 0.1) is 5.92 Å². The van der Waals surface area contributed by atoms with Crippen molar-refractivity contribution < 1.29 is 14.3 Å². The Bertz CT molecular complexity index is 449. The average molecular weight is 319 g/mol. The van der Waals surface area contributed by atoms with Crippen molar-refractivity contribution in [2.75, 3.05) is 19.8 Å². The topological polar surface area (TPSA) is 47.6 Å². The van der Waals surface area contributed by atoms with Crippen molar-refractivity contribution in [3.05, 3.63) is 30.3 Å². The molecule has 0 aliphatic heterocycles. The Labute approximate surface area is 139 Å². The molecule has 1 aliphatic rings. The van der Waals surface area contributed by atoms with Gasteiger partial charge in [-0.1, -0.05) is 44.4 Å². The predicted octanol–water partition coefficient (Wildman–Crippen LogP) is 3.56. The highest BCUT2D eigenvalue weighted by molar-refractivity contribution is 5.77. The summed E-state index contributed by atoms with van der Waals surface area (Å²) in [5.41, 5.74) is 0. The molecule has 128 valence electrons. The van der Waals surface area contributed by atoms with Crippen molar-refractivity contribution in [3.8, 4) is 5.75 Å². The van der Waals surface area contributed by atoms with E-state index in [-0.39, 0.29) is 12.5 Å². The Morgan fingerprint density at radius 2 is 2.04 bits per heavy atom. The van der Waals surface area contributed by atoms with Crippen LogP contribution in [0.1, 0.15) is 45.4 Å². The zero-order valence-electron chi connectivity index (χ0n) is 14.1. The van der Waals surface area contributed by atoms with E-state index >= 15 is 0 Å². The maximum absolute atomic E-state index is 12.0. The van der Waals surface area contributed by atoms with Gasteiger partial charge in [-0.3, -0.25) is 4.79 Å². The molecule has 2 rings (SSSR count). The Morgan fingerprint density at radius 3 is 2.83 bits per heavy atom. The number of nitrogens with one attached hydrogen (secondary N) is 1. The van der Waals surface area contributed by atoms with Crippen molar-refractivity contribution in [3.63, 3.8) is 0 Å². The molecule has 1 aromatic carbocycles. The van der Waals surface area contributed by atoms with E-state index < -0.39 is 0 Å². The largest absolute Gasteiger partial charge is 0.491 e. The fourth-order valence-corrected chi connectivity index (χ4v) is 3.19. The lowest BCUT2D eigenvalue weighted by Gasteiger charge is -2.20. The SMILES string of the molecule is CCCCC1CCCC1NC(=O)COCCOc1ccccc1. The van der Waals surface area contributed by atoms with Gasteiger partial charge in [0.15, 0.2) is 0 Å². The summed E-state index contributed by atoms with van der Waals surface area (Å²) in [7, 11) is 0. The normalized spacial score (nSPS) is 20.4. The van der Waals surface area contributed by atoms with E-state index in [1.165, 1.54) is 32.1 Å². The molecule has 1 saturated carbocycles. The van der Waals surface area contributed by atoms with Crippen molar-refractivity contribution >= 4 is 5.91 Å². The van der Waals surface area contributed by atoms with Gasteiger partial charge in [0.05, 0.1) is 6.61 Å². The second-order valence-corrected chi connectivity index (χ2v) is 6.22. The molecule has 0 spiro atoms. The number of amides is 1. The van der Waals surface area contributed by atoms with Gasteiger partial charge >= 0.3 is 0 Å². The molecule has 0 saturated heterocycles. The number of unbranched alkanes of at least 4 members (excludes halogenated alkanes) is 1. The number of ether oxygens (including phenoxy) is 2. The van der Waals surface area contributed by atoms with Gasteiger partial charge < -0.3 is 14.8 Å². The van der Waals surface area contributed by atoms with E-state index in [0.717, 1.165) is 12.2 Å².